The number of halogens is 1. The maximum atomic E-state index is 10.4. The van der Waals surface area contributed by atoms with Crippen molar-refractivity contribution in [3.63, 3.8) is 0 Å². The minimum Gasteiger partial charge on any atom is -0.456 e. The zero-order valence-corrected chi connectivity index (χ0v) is 6.80. The monoisotopic (exact) mass is 180 g/mol. The maximum Gasteiger partial charge on any atom is 0.391 e. The molecule has 11 heavy (non-hydrogen) atoms. The average molecular weight is 181 g/mol. The Morgan fingerprint density at radius 2 is 2.18 bits per heavy atom. The standard InChI is InChI=1S/C6H9ClO4/c1-4(2-3-8)11-6(10)5(7)9/h4,8H,2-3H2,1H3. The van der Waals surface area contributed by atoms with E-state index in [4.69, 9.17) is 16.7 Å². The van der Waals surface area contributed by atoms with Gasteiger partial charge in [-0.15, -0.1) is 0 Å². The molecule has 0 aliphatic carbocycles. The van der Waals surface area contributed by atoms with Gasteiger partial charge in [-0.25, -0.2) is 4.79 Å². The molecule has 0 fully saturated rings. The van der Waals surface area contributed by atoms with Gasteiger partial charge in [0.2, 0.25) is 0 Å². The normalized spacial score (nSPS) is 12.3. The van der Waals surface area contributed by atoms with Crippen LogP contribution in [0.5, 0.6) is 0 Å². The summed E-state index contributed by atoms with van der Waals surface area (Å²) in [5.74, 6) is -1.08. The number of aliphatic hydroxyl groups excluding tert-OH is 1. The molecule has 0 bridgehead atoms. The van der Waals surface area contributed by atoms with Gasteiger partial charge >= 0.3 is 11.2 Å². The summed E-state index contributed by atoms with van der Waals surface area (Å²) in [4.78, 5) is 20.6. The number of aliphatic hydroxyl groups is 1. The summed E-state index contributed by atoms with van der Waals surface area (Å²) in [6.45, 7) is 1.47. The minimum absolute atomic E-state index is 0.0923. The molecule has 0 spiro atoms. The fourth-order valence-corrected chi connectivity index (χ4v) is 0.514. The second kappa shape index (κ2) is 5.09. The van der Waals surface area contributed by atoms with E-state index < -0.39 is 17.3 Å². The van der Waals surface area contributed by atoms with Gasteiger partial charge in [0.25, 0.3) is 0 Å². The molecule has 1 N–H and O–H groups in total. The molecule has 0 heterocycles. The number of rotatable bonds is 4. The Hall–Kier alpha value is -0.610. The summed E-state index contributed by atoms with van der Waals surface area (Å²) in [7, 11) is 0. The first-order chi connectivity index (χ1) is 5.07. The highest BCUT2D eigenvalue weighted by Crippen LogP contribution is 1.98. The van der Waals surface area contributed by atoms with Crippen molar-refractivity contribution >= 4 is 22.8 Å². The third-order valence-electron chi connectivity index (χ3n) is 1.00. The van der Waals surface area contributed by atoms with Crippen LogP contribution in [-0.2, 0) is 14.3 Å². The van der Waals surface area contributed by atoms with Crippen molar-refractivity contribution in [1.29, 1.82) is 0 Å². The highest BCUT2D eigenvalue weighted by molar-refractivity contribution is 6.80. The smallest absolute Gasteiger partial charge is 0.391 e. The van der Waals surface area contributed by atoms with Crippen LogP contribution in [0.2, 0.25) is 0 Å². The molecule has 64 valence electrons. The van der Waals surface area contributed by atoms with Crippen LogP contribution in [0, 0.1) is 0 Å². The first kappa shape index (κ1) is 10.4. The van der Waals surface area contributed by atoms with Crippen LogP contribution >= 0.6 is 11.6 Å². The van der Waals surface area contributed by atoms with Crippen LogP contribution in [0.25, 0.3) is 0 Å². The Morgan fingerprint density at radius 1 is 1.64 bits per heavy atom. The molecule has 0 aromatic rings. The molecule has 0 rings (SSSR count). The molecule has 0 radical (unpaired) electrons. The van der Waals surface area contributed by atoms with E-state index in [1.165, 1.54) is 0 Å². The van der Waals surface area contributed by atoms with E-state index in [9.17, 15) is 9.59 Å². The van der Waals surface area contributed by atoms with Crippen molar-refractivity contribution in [2.75, 3.05) is 6.61 Å². The van der Waals surface area contributed by atoms with Crippen LogP contribution in [0.15, 0.2) is 0 Å². The van der Waals surface area contributed by atoms with Crippen molar-refractivity contribution in [2.45, 2.75) is 19.4 Å². The fourth-order valence-electron chi connectivity index (χ4n) is 0.470. The van der Waals surface area contributed by atoms with Gasteiger partial charge in [-0.2, -0.15) is 0 Å². The van der Waals surface area contributed by atoms with Crippen molar-refractivity contribution in [3.05, 3.63) is 0 Å². The molecule has 0 aromatic heterocycles. The Morgan fingerprint density at radius 3 is 2.55 bits per heavy atom. The van der Waals surface area contributed by atoms with Crippen LogP contribution < -0.4 is 0 Å². The minimum atomic E-state index is -1.14. The zero-order chi connectivity index (χ0) is 8.85. The lowest BCUT2D eigenvalue weighted by Crippen LogP contribution is -2.20. The molecule has 0 saturated carbocycles. The van der Waals surface area contributed by atoms with Crippen molar-refractivity contribution in [1.82, 2.24) is 0 Å². The van der Waals surface area contributed by atoms with Crippen molar-refractivity contribution in [3.8, 4) is 0 Å². The lowest BCUT2D eigenvalue weighted by atomic mass is 10.3. The van der Waals surface area contributed by atoms with Gasteiger partial charge in [-0.05, 0) is 18.5 Å². The topological polar surface area (TPSA) is 63.6 Å². The van der Waals surface area contributed by atoms with E-state index in [-0.39, 0.29) is 6.61 Å². The third-order valence-corrected chi connectivity index (χ3v) is 1.16. The van der Waals surface area contributed by atoms with E-state index >= 15 is 0 Å². The van der Waals surface area contributed by atoms with Crippen molar-refractivity contribution in [2.24, 2.45) is 0 Å². The largest absolute Gasteiger partial charge is 0.456 e. The summed E-state index contributed by atoms with van der Waals surface area (Å²) in [5.41, 5.74) is 0. The van der Waals surface area contributed by atoms with E-state index in [1.807, 2.05) is 0 Å². The average Bonchev–Trinajstić information content (AvgIpc) is 1.87. The molecule has 0 aromatic carbocycles. The van der Waals surface area contributed by atoms with Gasteiger partial charge in [0.1, 0.15) is 6.10 Å². The number of carbonyl (C=O) groups is 2. The molecular weight excluding hydrogens is 172 g/mol. The maximum absolute atomic E-state index is 10.4. The lowest BCUT2D eigenvalue weighted by Gasteiger charge is -2.08. The number of hydrogen-bond acceptors (Lipinski definition) is 4. The van der Waals surface area contributed by atoms with Gasteiger partial charge in [0.15, 0.2) is 0 Å². The van der Waals surface area contributed by atoms with Gasteiger partial charge in [-0.1, -0.05) is 0 Å². The molecule has 4 nitrogen and oxygen atoms in total. The molecule has 5 heteroatoms. The predicted molar refractivity (Wildman–Crippen MR) is 38.1 cm³/mol. The van der Waals surface area contributed by atoms with E-state index in [0.29, 0.717) is 6.42 Å². The molecular formula is C6H9ClO4. The molecule has 1 unspecified atom stereocenters. The number of hydrogen-bond donors (Lipinski definition) is 1. The summed E-state index contributed by atoms with van der Waals surface area (Å²) >= 11 is 4.80. The summed E-state index contributed by atoms with van der Waals surface area (Å²) in [6.07, 6.45) is -0.175. The Labute approximate surface area is 69.1 Å². The first-order valence-corrected chi connectivity index (χ1v) is 3.47. The second-order valence-electron chi connectivity index (χ2n) is 2.00. The van der Waals surface area contributed by atoms with Gasteiger partial charge in [0.05, 0.1) is 0 Å². The Bertz CT molecular complexity index is 157. The van der Waals surface area contributed by atoms with E-state index in [2.05, 4.69) is 4.74 Å². The molecule has 0 aliphatic heterocycles. The highest BCUT2D eigenvalue weighted by Gasteiger charge is 2.14. The highest BCUT2D eigenvalue weighted by atomic mass is 35.5. The van der Waals surface area contributed by atoms with E-state index in [1.54, 1.807) is 6.92 Å². The van der Waals surface area contributed by atoms with Crippen LogP contribution in [-0.4, -0.2) is 29.0 Å². The third kappa shape index (κ3) is 4.75. The Kier molecular flexibility index (Phi) is 4.81. The SMILES string of the molecule is CC(CCO)OC(=O)C(=O)Cl. The van der Waals surface area contributed by atoms with E-state index in [0.717, 1.165) is 0 Å². The molecule has 0 saturated heterocycles. The summed E-state index contributed by atoms with van der Waals surface area (Å²) in [5, 5.41) is 7.24. The van der Waals surface area contributed by atoms with Gasteiger partial charge in [0, 0.05) is 13.0 Å². The molecule has 0 aliphatic rings. The van der Waals surface area contributed by atoms with Crippen LogP contribution in [0.4, 0.5) is 0 Å². The second-order valence-corrected chi connectivity index (χ2v) is 2.35. The van der Waals surface area contributed by atoms with Crippen LogP contribution in [0.3, 0.4) is 0 Å². The van der Waals surface area contributed by atoms with Crippen molar-refractivity contribution < 1.29 is 19.4 Å². The predicted octanol–water partition coefficient (Wildman–Crippen LogP) is 0.0659. The van der Waals surface area contributed by atoms with Gasteiger partial charge in [-0.3, -0.25) is 4.79 Å². The number of ether oxygens (including phenoxy) is 1. The lowest BCUT2D eigenvalue weighted by molar-refractivity contribution is -0.154. The quantitative estimate of drug-likeness (QED) is 0.378. The summed E-state index contributed by atoms with van der Waals surface area (Å²) < 4.78 is 4.47. The van der Waals surface area contributed by atoms with Crippen LogP contribution in [0.1, 0.15) is 13.3 Å². The number of carbonyl (C=O) groups excluding carboxylic acids is 2. The summed E-state index contributed by atoms with van der Waals surface area (Å²) in [6, 6.07) is 0. The number of esters is 1. The van der Waals surface area contributed by atoms with Gasteiger partial charge < -0.3 is 9.84 Å². The fraction of sp³-hybridized carbons (Fsp3) is 0.667. The zero-order valence-electron chi connectivity index (χ0n) is 6.04. The first-order valence-electron chi connectivity index (χ1n) is 3.09. The molecule has 0 amide bonds. The Balaban J connectivity index is 3.66. The molecule has 1 atom stereocenters.